The Hall–Kier alpha value is -1.75. The molecule has 0 fully saturated rings. The lowest BCUT2D eigenvalue weighted by Crippen LogP contribution is -2.14. The van der Waals surface area contributed by atoms with E-state index in [0.29, 0.717) is 17.8 Å². The zero-order valence-electron chi connectivity index (χ0n) is 12.2. The maximum absolute atomic E-state index is 11.2. The van der Waals surface area contributed by atoms with E-state index in [0.717, 1.165) is 21.4 Å². The van der Waals surface area contributed by atoms with Gasteiger partial charge in [-0.1, -0.05) is 34.1 Å². The second-order valence-corrected chi connectivity index (χ2v) is 5.91. The van der Waals surface area contributed by atoms with Gasteiger partial charge in [0.2, 0.25) is 0 Å². The minimum absolute atomic E-state index is 0.595. The number of carboxylic acids is 1. The molecule has 5 heteroatoms. The summed E-state index contributed by atoms with van der Waals surface area (Å²) in [6.07, 6.45) is 0.616. The van der Waals surface area contributed by atoms with Gasteiger partial charge in [0.1, 0.15) is 5.82 Å². The Bertz CT molecular complexity index is 663. The van der Waals surface area contributed by atoms with Crippen LogP contribution in [0, 0.1) is 13.8 Å². The molecule has 0 saturated heterocycles. The van der Waals surface area contributed by atoms with Crippen LogP contribution in [0.15, 0.2) is 28.7 Å². The van der Waals surface area contributed by atoms with Crippen LogP contribution in [0.1, 0.15) is 41.2 Å². The fraction of sp³-hybridized carbons (Fsp3) is 0.312. The lowest BCUT2D eigenvalue weighted by molar-refractivity contribution is -0.138. The second kappa shape index (κ2) is 6.35. The van der Waals surface area contributed by atoms with E-state index in [1.165, 1.54) is 0 Å². The van der Waals surface area contributed by atoms with E-state index < -0.39 is 11.9 Å². The maximum Gasteiger partial charge on any atom is 0.310 e. The van der Waals surface area contributed by atoms with Crippen molar-refractivity contribution in [1.29, 1.82) is 0 Å². The molecule has 2 aromatic rings. The molecular formula is C16H17BrN2O2. The first-order chi connectivity index (χ1) is 9.90. The van der Waals surface area contributed by atoms with E-state index in [9.17, 15) is 4.79 Å². The molecule has 0 aliphatic rings. The zero-order chi connectivity index (χ0) is 15.6. The van der Waals surface area contributed by atoms with Crippen molar-refractivity contribution in [2.24, 2.45) is 0 Å². The van der Waals surface area contributed by atoms with Crippen LogP contribution >= 0.6 is 15.9 Å². The number of benzene rings is 1. The molecule has 0 amide bonds. The summed E-state index contributed by atoms with van der Waals surface area (Å²) in [5, 5.41) is 9.16. The number of nitrogens with zero attached hydrogens (tertiary/aromatic N) is 2. The van der Waals surface area contributed by atoms with Crippen molar-refractivity contribution in [1.82, 2.24) is 9.97 Å². The number of hydrogen-bond acceptors (Lipinski definition) is 3. The number of carbonyl (C=O) groups is 1. The number of hydrogen-bond donors (Lipinski definition) is 1. The number of halogens is 1. The number of aryl methyl sites for hydroxylation is 2. The molecule has 0 spiro atoms. The maximum atomic E-state index is 11.2. The van der Waals surface area contributed by atoms with Crippen LogP contribution < -0.4 is 0 Å². The van der Waals surface area contributed by atoms with E-state index in [1.54, 1.807) is 6.92 Å². The van der Waals surface area contributed by atoms with Gasteiger partial charge in [-0.25, -0.2) is 9.97 Å². The van der Waals surface area contributed by atoms with Gasteiger partial charge in [-0.05, 0) is 32.4 Å². The van der Waals surface area contributed by atoms with E-state index in [1.807, 2.05) is 38.1 Å². The highest BCUT2D eigenvalue weighted by Crippen LogP contribution is 2.23. The fourth-order valence-electron chi connectivity index (χ4n) is 2.44. The summed E-state index contributed by atoms with van der Waals surface area (Å²) in [6.45, 7) is 5.34. The molecule has 1 atom stereocenters. The summed E-state index contributed by atoms with van der Waals surface area (Å²) >= 11 is 3.51. The average molecular weight is 349 g/mol. The molecule has 110 valence electrons. The molecule has 0 aliphatic carbocycles. The molecule has 1 aromatic carbocycles. The molecular weight excluding hydrogens is 332 g/mol. The summed E-state index contributed by atoms with van der Waals surface area (Å²) in [5.41, 5.74) is 3.28. The lowest BCUT2D eigenvalue weighted by atomic mass is 9.98. The van der Waals surface area contributed by atoms with Crippen LogP contribution in [0.25, 0.3) is 0 Å². The van der Waals surface area contributed by atoms with Crippen LogP contribution in [-0.2, 0) is 11.2 Å². The van der Waals surface area contributed by atoms with E-state index in [2.05, 4.69) is 25.9 Å². The van der Waals surface area contributed by atoms with Crippen LogP contribution in [0.3, 0.4) is 0 Å². The molecule has 21 heavy (non-hydrogen) atoms. The highest BCUT2D eigenvalue weighted by molar-refractivity contribution is 9.10. The summed E-state index contributed by atoms with van der Waals surface area (Å²) in [6, 6.07) is 7.94. The highest BCUT2D eigenvalue weighted by Gasteiger charge is 2.20. The van der Waals surface area contributed by atoms with Gasteiger partial charge in [0.15, 0.2) is 0 Å². The van der Waals surface area contributed by atoms with Crippen molar-refractivity contribution in [3.63, 3.8) is 0 Å². The summed E-state index contributed by atoms with van der Waals surface area (Å²) < 4.78 is 1.02. The molecule has 0 radical (unpaired) electrons. The largest absolute Gasteiger partial charge is 0.481 e. The first-order valence-corrected chi connectivity index (χ1v) is 7.49. The minimum atomic E-state index is -0.858. The van der Waals surface area contributed by atoms with Gasteiger partial charge in [-0.3, -0.25) is 4.79 Å². The van der Waals surface area contributed by atoms with Gasteiger partial charge in [-0.2, -0.15) is 0 Å². The Morgan fingerprint density at radius 1 is 1.24 bits per heavy atom. The molecule has 0 aliphatic heterocycles. The summed E-state index contributed by atoms with van der Waals surface area (Å²) in [7, 11) is 0. The number of aromatic nitrogens is 2. The van der Waals surface area contributed by atoms with Gasteiger partial charge in [-0.15, -0.1) is 0 Å². The Morgan fingerprint density at radius 2 is 1.81 bits per heavy atom. The number of aliphatic carboxylic acids is 1. The highest BCUT2D eigenvalue weighted by atomic mass is 79.9. The molecule has 4 nitrogen and oxygen atoms in total. The first-order valence-electron chi connectivity index (χ1n) is 6.70. The monoisotopic (exact) mass is 348 g/mol. The third-order valence-corrected chi connectivity index (χ3v) is 4.26. The molecule has 1 N–H and O–H groups in total. The average Bonchev–Trinajstić information content (AvgIpc) is 2.40. The van der Waals surface area contributed by atoms with Gasteiger partial charge >= 0.3 is 5.97 Å². The van der Waals surface area contributed by atoms with Crippen molar-refractivity contribution in [2.45, 2.75) is 33.1 Å². The van der Waals surface area contributed by atoms with Gasteiger partial charge in [0.05, 0.1) is 5.92 Å². The predicted molar refractivity (Wildman–Crippen MR) is 84.5 cm³/mol. The smallest absolute Gasteiger partial charge is 0.310 e. The lowest BCUT2D eigenvalue weighted by Gasteiger charge is -2.14. The van der Waals surface area contributed by atoms with Crippen molar-refractivity contribution in [2.75, 3.05) is 0 Å². The molecule has 0 bridgehead atoms. The van der Waals surface area contributed by atoms with Crippen molar-refractivity contribution in [3.05, 3.63) is 57.1 Å². The predicted octanol–water partition coefficient (Wildman–Crippen LogP) is 3.63. The summed E-state index contributed by atoms with van der Waals surface area (Å²) in [4.78, 5) is 20.1. The molecule has 1 unspecified atom stereocenters. The minimum Gasteiger partial charge on any atom is -0.481 e. The normalized spacial score (nSPS) is 12.2. The Labute approximate surface area is 132 Å². The van der Waals surface area contributed by atoms with E-state index in [-0.39, 0.29) is 0 Å². The fourth-order valence-corrected chi connectivity index (χ4v) is 2.86. The Morgan fingerprint density at radius 3 is 2.33 bits per heavy atom. The van der Waals surface area contributed by atoms with Gasteiger partial charge < -0.3 is 5.11 Å². The molecule has 1 heterocycles. The van der Waals surface area contributed by atoms with Gasteiger partial charge in [0, 0.05) is 27.8 Å². The van der Waals surface area contributed by atoms with Crippen molar-refractivity contribution < 1.29 is 9.90 Å². The third-order valence-electron chi connectivity index (χ3n) is 3.48. The third kappa shape index (κ3) is 3.47. The SMILES string of the molecule is Cc1nc(Cc2ccccc2Br)nc(C)c1C(C)C(=O)O. The van der Waals surface area contributed by atoms with Crippen LogP contribution in [0.4, 0.5) is 0 Å². The Kier molecular flexibility index (Phi) is 4.73. The number of carboxylic acid groups (broad SMARTS) is 1. The van der Waals surface area contributed by atoms with Crippen LogP contribution in [0.5, 0.6) is 0 Å². The van der Waals surface area contributed by atoms with Crippen LogP contribution in [0.2, 0.25) is 0 Å². The molecule has 2 rings (SSSR count). The van der Waals surface area contributed by atoms with E-state index in [4.69, 9.17) is 5.11 Å². The van der Waals surface area contributed by atoms with Crippen molar-refractivity contribution in [3.8, 4) is 0 Å². The van der Waals surface area contributed by atoms with Gasteiger partial charge in [0.25, 0.3) is 0 Å². The van der Waals surface area contributed by atoms with E-state index >= 15 is 0 Å². The number of rotatable bonds is 4. The van der Waals surface area contributed by atoms with Crippen molar-refractivity contribution >= 4 is 21.9 Å². The quantitative estimate of drug-likeness (QED) is 0.916. The standard InChI is InChI=1S/C16H17BrN2O2/c1-9(16(20)21)15-10(2)18-14(19-11(15)3)8-12-6-4-5-7-13(12)17/h4-7,9H,8H2,1-3H3,(H,20,21). The first kappa shape index (κ1) is 15.6. The van der Waals surface area contributed by atoms with Crippen LogP contribution in [-0.4, -0.2) is 21.0 Å². The zero-order valence-corrected chi connectivity index (χ0v) is 13.8. The molecule has 0 saturated carbocycles. The Balaban J connectivity index is 2.36. The second-order valence-electron chi connectivity index (χ2n) is 5.05. The summed E-state index contributed by atoms with van der Waals surface area (Å²) in [5.74, 6) is -0.746. The molecule has 1 aromatic heterocycles. The topological polar surface area (TPSA) is 63.1 Å².